The molecule has 1 saturated heterocycles. The van der Waals surface area contributed by atoms with Crippen molar-refractivity contribution in [2.75, 3.05) is 32.7 Å². The molecule has 0 saturated carbocycles. The van der Waals surface area contributed by atoms with Gasteiger partial charge in [-0.3, -0.25) is 14.7 Å². The first-order valence-electron chi connectivity index (χ1n) is 11.9. The molecule has 1 fully saturated rings. The third-order valence-electron chi connectivity index (χ3n) is 6.27. The molecule has 172 valence electrons. The van der Waals surface area contributed by atoms with Crippen LogP contribution in [0.15, 0.2) is 52.1 Å². The lowest BCUT2D eigenvalue weighted by molar-refractivity contribution is -0.131. The number of carbonyl (C=O) groups is 1. The zero-order chi connectivity index (χ0) is 22.2. The minimum absolute atomic E-state index is 0.168. The second-order valence-corrected chi connectivity index (χ2v) is 8.54. The molecule has 7 heteroatoms. The quantitative estimate of drug-likeness (QED) is 0.358. The molecule has 1 aromatic heterocycles. The molecule has 2 aliphatic heterocycles. The lowest BCUT2D eigenvalue weighted by Gasteiger charge is -2.24. The van der Waals surface area contributed by atoms with Crippen molar-refractivity contribution in [2.45, 2.75) is 51.7 Å². The van der Waals surface area contributed by atoms with Crippen LogP contribution >= 0.6 is 0 Å². The van der Waals surface area contributed by atoms with Crippen molar-refractivity contribution in [3.05, 3.63) is 59.5 Å². The molecule has 7 nitrogen and oxygen atoms in total. The molecule has 0 aliphatic carbocycles. The number of fused-ring (bicyclic) bond motifs is 1. The van der Waals surface area contributed by atoms with Gasteiger partial charge in [-0.1, -0.05) is 24.3 Å². The smallest absolute Gasteiger partial charge is 0.223 e. The molecular formula is C25H35N5O2. The highest BCUT2D eigenvalue weighted by Gasteiger charge is 2.25. The van der Waals surface area contributed by atoms with Gasteiger partial charge in [-0.15, -0.1) is 0 Å². The second-order valence-electron chi connectivity index (χ2n) is 8.54. The van der Waals surface area contributed by atoms with Gasteiger partial charge in [-0.25, -0.2) is 0 Å². The van der Waals surface area contributed by atoms with Crippen LogP contribution in [0.5, 0.6) is 0 Å². The van der Waals surface area contributed by atoms with Crippen LogP contribution < -0.4 is 10.6 Å². The number of carbonyl (C=O) groups excluding carboxylic acids is 1. The second kappa shape index (κ2) is 11.2. The van der Waals surface area contributed by atoms with Gasteiger partial charge >= 0.3 is 0 Å². The number of likely N-dealkylation sites (tertiary alicyclic amines) is 1. The molecule has 0 radical (unpaired) electrons. The Kier molecular flexibility index (Phi) is 7.82. The van der Waals surface area contributed by atoms with Crippen LogP contribution in [0.1, 0.15) is 55.5 Å². The van der Waals surface area contributed by atoms with Crippen molar-refractivity contribution in [3.8, 4) is 0 Å². The predicted molar refractivity (Wildman–Crippen MR) is 126 cm³/mol. The summed E-state index contributed by atoms with van der Waals surface area (Å²) in [5.41, 5.74) is 2.54. The summed E-state index contributed by atoms with van der Waals surface area (Å²) < 4.78 is 5.70. The summed E-state index contributed by atoms with van der Waals surface area (Å²) in [7, 11) is 0. The largest absolute Gasteiger partial charge is 0.468 e. The topological polar surface area (TPSA) is 73.1 Å². The zero-order valence-electron chi connectivity index (χ0n) is 19.1. The Labute approximate surface area is 190 Å². The number of rotatable bonds is 9. The average molecular weight is 438 g/mol. The number of guanidine groups is 1. The Morgan fingerprint density at radius 2 is 1.84 bits per heavy atom. The summed E-state index contributed by atoms with van der Waals surface area (Å²) in [5.74, 6) is 1.99. The molecule has 2 aromatic rings. The molecule has 1 atom stereocenters. The highest BCUT2D eigenvalue weighted by Crippen LogP contribution is 2.26. The van der Waals surface area contributed by atoms with E-state index in [-0.39, 0.29) is 11.9 Å². The van der Waals surface area contributed by atoms with Crippen molar-refractivity contribution in [2.24, 2.45) is 4.99 Å². The maximum atomic E-state index is 12.6. The van der Waals surface area contributed by atoms with Crippen LogP contribution in [0.3, 0.4) is 0 Å². The Morgan fingerprint density at radius 3 is 2.50 bits per heavy atom. The molecular weight excluding hydrogens is 402 g/mol. The third-order valence-corrected chi connectivity index (χ3v) is 6.27. The van der Waals surface area contributed by atoms with Gasteiger partial charge in [-0.2, -0.15) is 0 Å². The molecule has 1 unspecified atom stereocenters. The first-order chi connectivity index (χ1) is 15.7. The molecule has 0 bridgehead atoms. The van der Waals surface area contributed by atoms with E-state index in [0.717, 1.165) is 50.9 Å². The van der Waals surface area contributed by atoms with Gasteiger partial charge in [0.1, 0.15) is 5.76 Å². The maximum Gasteiger partial charge on any atom is 0.223 e. The summed E-state index contributed by atoms with van der Waals surface area (Å²) >= 11 is 0. The van der Waals surface area contributed by atoms with Gasteiger partial charge in [0.25, 0.3) is 0 Å². The number of hydrogen-bond acceptors (Lipinski definition) is 4. The standard InChI is InChI=1S/C25H35N5O2/c1-2-26-25(28-17-22(23-11-8-16-32-23)29-14-5-6-15-29)27-13-7-12-24(31)30-18-20-9-3-4-10-21(20)19-30/h3-4,8-11,16,22H,2,5-7,12-15,17-19H2,1H3,(H2,26,27,28). The van der Waals surface area contributed by atoms with Gasteiger partial charge < -0.3 is 20.0 Å². The minimum Gasteiger partial charge on any atom is -0.468 e. The van der Waals surface area contributed by atoms with E-state index in [0.29, 0.717) is 19.5 Å². The molecule has 3 heterocycles. The Morgan fingerprint density at radius 1 is 1.09 bits per heavy atom. The minimum atomic E-state index is 0.168. The third kappa shape index (κ3) is 5.71. The van der Waals surface area contributed by atoms with E-state index < -0.39 is 0 Å². The lowest BCUT2D eigenvalue weighted by atomic mass is 10.1. The van der Waals surface area contributed by atoms with Crippen LogP contribution in [0.4, 0.5) is 0 Å². The predicted octanol–water partition coefficient (Wildman–Crippen LogP) is 3.29. The van der Waals surface area contributed by atoms with E-state index in [2.05, 4.69) is 34.6 Å². The fourth-order valence-electron chi connectivity index (χ4n) is 4.55. The summed E-state index contributed by atoms with van der Waals surface area (Å²) in [4.78, 5) is 21.9. The van der Waals surface area contributed by atoms with Gasteiger partial charge in [0.2, 0.25) is 5.91 Å². The van der Waals surface area contributed by atoms with Gasteiger partial charge in [-0.05, 0) is 62.5 Å². The van der Waals surface area contributed by atoms with E-state index in [1.807, 2.05) is 29.2 Å². The number of benzene rings is 1. The molecule has 1 amide bonds. The zero-order valence-corrected chi connectivity index (χ0v) is 19.1. The normalized spacial score (nSPS) is 17.4. The first kappa shape index (κ1) is 22.4. The van der Waals surface area contributed by atoms with Crippen molar-refractivity contribution in [1.29, 1.82) is 0 Å². The van der Waals surface area contributed by atoms with Gasteiger partial charge in [0.15, 0.2) is 5.96 Å². The van der Waals surface area contributed by atoms with Crippen LogP contribution in [-0.2, 0) is 17.9 Å². The molecule has 4 rings (SSSR count). The highest BCUT2D eigenvalue weighted by molar-refractivity contribution is 5.80. The Hall–Kier alpha value is -2.80. The monoisotopic (exact) mass is 437 g/mol. The average Bonchev–Trinajstić information content (AvgIpc) is 3.58. The summed E-state index contributed by atoms with van der Waals surface area (Å²) in [5, 5.41) is 6.72. The number of amides is 1. The fraction of sp³-hybridized carbons (Fsp3) is 0.520. The van der Waals surface area contributed by atoms with E-state index in [1.54, 1.807) is 6.26 Å². The van der Waals surface area contributed by atoms with E-state index in [9.17, 15) is 4.79 Å². The number of hydrogen-bond donors (Lipinski definition) is 2. The van der Waals surface area contributed by atoms with Gasteiger partial charge in [0.05, 0.1) is 18.8 Å². The van der Waals surface area contributed by atoms with Crippen LogP contribution in [0, 0.1) is 0 Å². The summed E-state index contributed by atoms with van der Waals surface area (Å²) in [6, 6.07) is 12.5. The van der Waals surface area contributed by atoms with Crippen molar-refractivity contribution in [1.82, 2.24) is 20.4 Å². The lowest BCUT2D eigenvalue weighted by Crippen LogP contribution is -2.39. The molecule has 32 heavy (non-hydrogen) atoms. The van der Waals surface area contributed by atoms with Crippen molar-refractivity contribution < 1.29 is 9.21 Å². The first-order valence-corrected chi connectivity index (χ1v) is 11.9. The SMILES string of the molecule is CCNC(=NCC(c1ccco1)N1CCCC1)NCCCC(=O)N1Cc2ccccc2C1. The van der Waals surface area contributed by atoms with Crippen LogP contribution in [0.2, 0.25) is 0 Å². The number of nitrogens with one attached hydrogen (secondary N) is 2. The van der Waals surface area contributed by atoms with E-state index in [1.165, 1.54) is 24.0 Å². The Bertz CT molecular complexity index is 864. The maximum absolute atomic E-state index is 12.6. The molecule has 2 N–H and O–H groups in total. The van der Waals surface area contributed by atoms with E-state index in [4.69, 9.17) is 9.41 Å². The highest BCUT2D eigenvalue weighted by atomic mass is 16.3. The summed E-state index contributed by atoms with van der Waals surface area (Å²) in [6.45, 7) is 7.87. The van der Waals surface area contributed by atoms with Crippen LogP contribution in [-0.4, -0.2) is 54.4 Å². The number of aliphatic imine (C=N–C) groups is 1. The summed E-state index contributed by atoms with van der Waals surface area (Å²) in [6.07, 6.45) is 5.53. The van der Waals surface area contributed by atoms with Crippen molar-refractivity contribution in [3.63, 3.8) is 0 Å². The van der Waals surface area contributed by atoms with Gasteiger partial charge in [0, 0.05) is 32.6 Å². The Balaban J connectivity index is 1.25. The molecule has 1 aromatic carbocycles. The fourth-order valence-corrected chi connectivity index (χ4v) is 4.55. The van der Waals surface area contributed by atoms with Crippen molar-refractivity contribution >= 4 is 11.9 Å². The van der Waals surface area contributed by atoms with Crippen LogP contribution in [0.25, 0.3) is 0 Å². The number of furan rings is 1. The molecule has 2 aliphatic rings. The van der Waals surface area contributed by atoms with E-state index >= 15 is 0 Å². The molecule has 0 spiro atoms. The number of nitrogens with zero attached hydrogens (tertiary/aromatic N) is 3.